The van der Waals surface area contributed by atoms with Gasteiger partial charge >= 0.3 is 12.0 Å². The Morgan fingerprint density at radius 2 is 1.75 bits per heavy atom. The van der Waals surface area contributed by atoms with Gasteiger partial charge in [-0.25, -0.2) is 14.6 Å². The number of carbonyl (C=O) groups excluding carboxylic acids is 2. The Balaban J connectivity index is 1.89. The molecule has 0 radical (unpaired) electrons. The number of hydrogen-bond acceptors (Lipinski definition) is 5. The molecule has 1 aliphatic carbocycles. The van der Waals surface area contributed by atoms with Gasteiger partial charge in [0.1, 0.15) is 6.26 Å². The maximum absolute atomic E-state index is 13.6. The number of methoxy groups -OCH3 is 1. The van der Waals surface area contributed by atoms with Crippen LogP contribution in [-0.2, 0) is 11.3 Å². The second-order valence-corrected chi connectivity index (χ2v) is 9.09. The van der Waals surface area contributed by atoms with Gasteiger partial charge in [-0.15, -0.1) is 0 Å². The zero-order chi connectivity index (χ0) is 23.3. The number of para-hydroxylation sites is 1. The van der Waals surface area contributed by atoms with Gasteiger partial charge in [-0.2, -0.15) is 0 Å². The molecule has 2 aromatic rings. The second-order valence-electron chi connectivity index (χ2n) is 9.09. The molecule has 0 spiro atoms. The molecule has 1 saturated carbocycles. The van der Waals surface area contributed by atoms with Gasteiger partial charge in [-0.1, -0.05) is 65.2 Å². The topological polar surface area (TPSA) is 84.7 Å². The van der Waals surface area contributed by atoms with Crippen molar-refractivity contribution >= 4 is 17.7 Å². The first kappa shape index (κ1) is 23.8. The standard InChI is InChI=1S/C25H35N3O4/c1-16(2)19-12-9-13-20(17(3)4)23(19)27-25(30)28(18-10-7-6-8-11-18)14-22-26-21(15-32-22)24(29)31-5/h9,12-13,15-18H,6-8,10-11,14H2,1-5H3,(H,27,30). The number of nitrogens with one attached hydrogen (secondary N) is 1. The molecule has 0 aliphatic heterocycles. The summed E-state index contributed by atoms with van der Waals surface area (Å²) in [5.74, 6) is 0.330. The molecule has 0 bridgehead atoms. The van der Waals surface area contributed by atoms with Crippen molar-refractivity contribution in [3.05, 3.63) is 47.2 Å². The van der Waals surface area contributed by atoms with E-state index < -0.39 is 5.97 Å². The molecule has 0 unspecified atom stereocenters. The lowest BCUT2D eigenvalue weighted by Crippen LogP contribution is -2.43. The number of benzene rings is 1. The maximum Gasteiger partial charge on any atom is 0.360 e. The Morgan fingerprint density at radius 3 is 2.31 bits per heavy atom. The first-order valence-electron chi connectivity index (χ1n) is 11.5. The highest BCUT2D eigenvalue weighted by atomic mass is 16.5. The van der Waals surface area contributed by atoms with Gasteiger partial charge in [0.25, 0.3) is 0 Å². The lowest BCUT2D eigenvalue weighted by atomic mass is 9.92. The summed E-state index contributed by atoms with van der Waals surface area (Å²) in [6.07, 6.45) is 6.54. The van der Waals surface area contributed by atoms with Crippen LogP contribution in [0.1, 0.15) is 99.1 Å². The summed E-state index contributed by atoms with van der Waals surface area (Å²) in [4.78, 5) is 31.4. The number of hydrogen-bond donors (Lipinski definition) is 1. The number of esters is 1. The van der Waals surface area contributed by atoms with Crippen LogP contribution in [0, 0.1) is 0 Å². The summed E-state index contributed by atoms with van der Waals surface area (Å²) in [5.41, 5.74) is 3.25. The van der Waals surface area contributed by atoms with Crippen LogP contribution in [-0.4, -0.2) is 35.0 Å². The van der Waals surface area contributed by atoms with Crippen LogP contribution < -0.4 is 5.32 Å². The first-order chi connectivity index (χ1) is 15.3. The number of oxazole rings is 1. The van der Waals surface area contributed by atoms with E-state index in [1.165, 1.54) is 19.8 Å². The number of carbonyl (C=O) groups is 2. The summed E-state index contributed by atoms with van der Waals surface area (Å²) >= 11 is 0. The molecule has 1 aromatic heterocycles. The van der Waals surface area contributed by atoms with Crippen molar-refractivity contribution in [2.24, 2.45) is 0 Å². The van der Waals surface area contributed by atoms with E-state index >= 15 is 0 Å². The SMILES string of the molecule is COC(=O)c1coc(CN(C(=O)Nc2c(C(C)C)cccc2C(C)C)C2CCCCC2)n1. The van der Waals surface area contributed by atoms with Gasteiger partial charge in [-0.3, -0.25) is 0 Å². The normalized spacial score (nSPS) is 14.6. The predicted molar refractivity (Wildman–Crippen MR) is 124 cm³/mol. The minimum atomic E-state index is -0.555. The fourth-order valence-electron chi connectivity index (χ4n) is 4.36. The zero-order valence-corrected chi connectivity index (χ0v) is 19.8. The zero-order valence-electron chi connectivity index (χ0n) is 19.8. The Kier molecular flexibility index (Phi) is 7.94. The van der Waals surface area contributed by atoms with E-state index in [1.54, 1.807) is 0 Å². The number of urea groups is 1. The Morgan fingerprint density at radius 1 is 1.12 bits per heavy atom. The fraction of sp³-hybridized carbons (Fsp3) is 0.560. The average molecular weight is 442 g/mol. The number of aromatic nitrogens is 1. The maximum atomic E-state index is 13.6. The Bertz CT molecular complexity index is 903. The third-order valence-electron chi connectivity index (χ3n) is 6.13. The van der Waals surface area contributed by atoms with Crippen molar-refractivity contribution < 1.29 is 18.7 Å². The average Bonchev–Trinajstić information content (AvgIpc) is 3.26. The van der Waals surface area contributed by atoms with Crippen LogP contribution in [0.15, 0.2) is 28.9 Å². The van der Waals surface area contributed by atoms with Gasteiger partial charge in [0.2, 0.25) is 5.89 Å². The lowest BCUT2D eigenvalue weighted by Gasteiger charge is -2.34. The predicted octanol–water partition coefficient (Wildman–Crippen LogP) is 6.07. The fourth-order valence-corrected chi connectivity index (χ4v) is 4.36. The smallest absolute Gasteiger partial charge is 0.360 e. The highest BCUT2D eigenvalue weighted by Gasteiger charge is 2.29. The molecule has 32 heavy (non-hydrogen) atoms. The van der Waals surface area contributed by atoms with Gasteiger partial charge in [-0.05, 0) is 35.8 Å². The van der Waals surface area contributed by atoms with Crippen molar-refractivity contribution in [3.8, 4) is 0 Å². The first-order valence-corrected chi connectivity index (χ1v) is 11.5. The second kappa shape index (κ2) is 10.7. The van der Waals surface area contributed by atoms with Crippen LogP contribution in [0.5, 0.6) is 0 Å². The molecule has 1 aromatic carbocycles. The highest BCUT2D eigenvalue weighted by Crippen LogP contribution is 2.33. The van der Waals surface area contributed by atoms with Crippen LogP contribution in [0.25, 0.3) is 0 Å². The summed E-state index contributed by atoms with van der Waals surface area (Å²) in [6, 6.07) is 6.15. The van der Waals surface area contributed by atoms with E-state index in [-0.39, 0.29) is 36.1 Å². The molecular formula is C25H35N3O4. The number of anilines is 1. The molecule has 174 valence electrons. The summed E-state index contributed by atoms with van der Waals surface area (Å²) in [5, 5.41) is 3.23. The number of ether oxygens (including phenoxy) is 1. The largest absolute Gasteiger partial charge is 0.464 e. The number of amides is 2. The van der Waals surface area contributed by atoms with E-state index in [2.05, 4.69) is 56.2 Å². The van der Waals surface area contributed by atoms with Crippen molar-refractivity contribution in [1.82, 2.24) is 9.88 Å². The number of rotatable bonds is 7. The minimum Gasteiger partial charge on any atom is -0.464 e. The van der Waals surface area contributed by atoms with Gasteiger partial charge in [0.05, 0.1) is 13.7 Å². The summed E-state index contributed by atoms with van der Waals surface area (Å²) in [7, 11) is 1.30. The molecule has 0 atom stereocenters. The van der Waals surface area contributed by atoms with Crippen LogP contribution in [0.4, 0.5) is 10.5 Å². The molecule has 7 heteroatoms. The summed E-state index contributed by atoms with van der Waals surface area (Å²) < 4.78 is 10.2. The Labute approximate surface area is 190 Å². The van der Waals surface area contributed by atoms with E-state index in [0.29, 0.717) is 5.89 Å². The van der Waals surface area contributed by atoms with Crippen LogP contribution in [0.2, 0.25) is 0 Å². The molecule has 7 nitrogen and oxygen atoms in total. The molecule has 1 aliphatic rings. The summed E-state index contributed by atoms with van der Waals surface area (Å²) in [6.45, 7) is 8.74. The van der Waals surface area contributed by atoms with E-state index in [0.717, 1.165) is 42.5 Å². The molecule has 1 N–H and O–H groups in total. The Hall–Kier alpha value is -2.83. The van der Waals surface area contributed by atoms with Gasteiger partial charge in [0, 0.05) is 11.7 Å². The van der Waals surface area contributed by atoms with E-state index in [1.807, 2.05) is 4.90 Å². The third kappa shape index (κ3) is 5.50. The van der Waals surface area contributed by atoms with Crippen LogP contribution >= 0.6 is 0 Å². The molecule has 3 rings (SSSR count). The number of nitrogens with zero attached hydrogens (tertiary/aromatic N) is 2. The lowest BCUT2D eigenvalue weighted by molar-refractivity contribution is 0.0594. The van der Waals surface area contributed by atoms with E-state index in [9.17, 15) is 9.59 Å². The van der Waals surface area contributed by atoms with Crippen molar-refractivity contribution in [1.29, 1.82) is 0 Å². The molecule has 1 fully saturated rings. The molecule has 1 heterocycles. The van der Waals surface area contributed by atoms with Crippen molar-refractivity contribution in [2.75, 3.05) is 12.4 Å². The van der Waals surface area contributed by atoms with Crippen molar-refractivity contribution in [2.45, 2.75) is 84.2 Å². The van der Waals surface area contributed by atoms with Gasteiger partial charge < -0.3 is 19.4 Å². The van der Waals surface area contributed by atoms with Crippen LogP contribution in [0.3, 0.4) is 0 Å². The minimum absolute atomic E-state index is 0.103. The van der Waals surface area contributed by atoms with Crippen molar-refractivity contribution in [3.63, 3.8) is 0 Å². The third-order valence-corrected chi connectivity index (χ3v) is 6.13. The molecular weight excluding hydrogens is 406 g/mol. The van der Waals surface area contributed by atoms with E-state index in [4.69, 9.17) is 9.15 Å². The van der Waals surface area contributed by atoms with Gasteiger partial charge in [0.15, 0.2) is 5.69 Å². The highest BCUT2D eigenvalue weighted by molar-refractivity contribution is 5.91. The quantitative estimate of drug-likeness (QED) is 0.527. The molecule has 2 amide bonds. The monoisotopic (exact) mass is 441 g/mol. The molecule has 0 saturated heterocycles.